The number of piperidine rings is 1. The maximum absolute atomic E-state index is 13.3. The molecule has 160 valence electrons. The Morgan fingerprint density at radius 1 is 1.20 bits per heavy atom. The highest BCUT2D eigenvalue weighted by molar-refractivity contribution is 7.89. The van der Waals surface area contributed by atoms with E-state index >= 15 is 0 Å². The van der Waals surface area contributed by atoms with Crippen molar-refractivity contribution in [3.05, 3.63) is 41.5 Å². The smallest absolute Gasteiger partial charge is 0.238 e. The van der Waals surface area contributed by atoms with E-state index in [1.54, 1.807) is 13.0 Å². The summed E-state index contributed by atoms with van der Waals surface area (Å²) in [7, 11) is -4.18. The first-order chi connectivity index (χ1) is 14.3. The van der Waals surface area contributed by atoms with Crippen molar-refractivity contribution in [3.8, 4) is 0 Å². The summed E-state index contributed by atoms with van der Waals surface area (Å²) < 4.78 is 25.6. The van der Waals surface area contributed by atoms with Crippen molar-refractivity contribution in [2.75, 3.05) is 19.6 Å². The number of sulfonamides is 1. The van der Waals surface area contributed by atoms with Gasteiger partial charge in [-0.2, -0.15) is 0 Å². The quantitative estimate of drug-likeness (QED) is 0.776. The van der Waals surface area contributed by atoms with Gasteiger partial charge >= 0.3 is 0 Å². The first-order valence-electron chi connectivity index (χ1n) is 10.4. The van der Waals surface area contributed by atoms with Gasteiger partial charge in [0.2, 0.25) is 21.8 Å². The second-order valence-corrected chi connectivity index (χ2v) is 9.71. The average Bonchev–Trinajstić information content (AvgIpc) is 3.17. The van der Waals surface area contributed by atoms with Gasteiger partial charge in [0.15, 0.2) is 0 Å². The molecule has 2 heterocycles. The maximum atomic E-state index is 13.3. The fourth-order valence-electron chi connectivity index (χ4n) is 4.79. The minimum atomic E-state index is -4.18. The molecule has 2 saturated heterocycles. The van der Waals surface area contributed by atoms with Crippen molar-refractivity contribution in [1.29, 1.82) is 0 Å². The van der Waals surface area contributed by atoms with Gasteiger partial charge in [0.1, 0.15) is 0 Å². The Hall–Kier alpha value is -2.45. The largest absolute Gasteiger partial charge is 0.356 e. The molecule has 2 fully saturated rings. The number of hydrogen-bond acceptors (Lipinski definition) is 4. The molecule has 4 rings (SSSR count). The number of likely N-dealkylation sites (tertiary alicyclic amines) is 1. The topological polar surface area (TPSA) is 110 Å². The Kier molecular flexibility index (Phi) is 5.55. The number of benzene rings is 2. The van der Waals surface area contributed by atoms with E-state index in [-0.39, 0.29) is 16.7 Å². The summed E-state index contributed by atoms with van der Waals surface area (Å²) in [5, 5.41) is 9.94. The van der Waals surface area contributed by atoms with Crippen LogP contribution in [-0.4, -0.2) is 44.8 Å². The normalized spacial score (nSPS) is 20.9. The van der Waals surface area contributed by atoms with Gasteiger partial charge in [0.05, 0.1) is 16.7 Å². The van der Waals surface area contributed by atoms with Crippen molar-refractivity contribution >= 4 is 32.6 Å². The van der Waals surface area contributed by atoms with E-state index in [0.29, 0.717) is 42.6 Å². The summed E-state index contributed by atoms with van der Waals surface area (Å²) in [6, 6.07) is 9.11. The number of nitrogens with one attached hydrogen (secondary N) is 1. The van der Waals surface area contributed by atoms with E-state index in [1.807, 2.05) is 29.2 Å². The first kappa shape index (κ1) is 20.8. The molecule has 2 aliphatic rings. The van der Waals surface area contributed by atoms with Crippen LogP contribution in [0.25, 0.3) is 10.8 Å². The standard InChI is InChI=1S/C22H27N3O4S/c1-14(22(27)25-11-5-2-6-12-25)19-16-8-4-3-7-15(16)13-18(20(19)30(23,28)29)17-9-10-24-21(17)26/h3-4,7-8,13-14,17H,2,5-6,9-12H2,1H3,(H,24,26)(H2,23,28,29). The monoisotopic (exact) mass is 429 g/mol. The van der Waals surface area contributed by atoms with Crippen molar-refractivity contribution in [3.63, 3.8) is 0 Å². The van der Waals surface area contributed by atoms with Gasteiger partial charge in [-0.25, -0.2) is 13.6 Å². The molecular formula is C22H27N3O4S. The molecule has 2 atom stereocenters. The Balaban J connectivity index is 1.96. The average molecular weight is 430 g/mol. The SMILES string of the molecule is CC(C(=O)N1CCCCC1)c1c(S(N)(=O)=O)c(C2CCNC2=O)cc2ccccc12. The van der Waals surface area contributed by atoms with Crippen LogP contribution in [0.3, 0.4) is 0 Å². The fourth-order valence-corrected chi connectivity index (χ4v) is 5.91. The van der Waals surface area contributed by atoms with Crippen LogP contribution in [0, 0.1) is 0 Å². The number of primary sulfonamides is 1. The minimum Gasteiger partial charge on any atom is -0.356 e. The Labute approximate surface area is 176 Å². The molecule has 8 heteroatoms. The van der Waals surface area contributed by atoms with Gasteiger partial charge in [-0.05, 0) is 60.6 Å². The molecule has 0 bridgehead atoms. The van der Waals surface area contributed by atoms with Crippen LogP contribution in [0.5, 0.6) is 0 Å². The minimum absolute atomic E-state index is 0.0684. The number of fused-ring (bicyclic) bond motifs is 1. The van der Waals surface area contributed by atoms with Crippen molar-refractivity contribution in [2.24, 2.45) is 5.14 Å². The number of nitrogens with zero attached hydrogens (tertiary/aromatic N) is 1. The molecule has 0 aliphatic carbocycles. The molecule has 0 saturated carbocycles. The van der Waals surface area contributed by atoms with Crippen LogP contribution in [0.1, 0.15) is 55.6 Å². The van der Waals surface area contributed by atoms with Crippen LogP contribution < -0.4 is 10.5 Å². The number of nitrogens with two attached hydrogens (primary N) is 1. The van der Waals surface area contributed by atoms with Crippen LogP contribution in [0.2, 0.25) is 0 Å². The molecule has 2 aromatic carbocycles. The highest BCUT2D eigenvalue weighted by atomic mass is 32.2. The molecule has 2 unspecified atom stereocenters. The van der Waals surface area contributed by atoms with E-state index in [1.165, 1.54) is 0 Å². The number of carbonyl (C=O) groups excluding carboxylic acids is 2. The number of amides is 2. The summed E-state index contributed by atoms with van der Waals surface area (Å²) in [5.74, 6) is -1.60. The molecule has 2 aliphatic heterocycles. The summed E-state index contributed by atoms with van der Waals surface area (Å²) in [5.41, 5.74) is 0.792. The van der Waals surface area contributed by atoms with Gasteiger partial charge < -0.3 is 10.2 Å². The summed E-state index contributed by atoms with van der Waals surface area (Å²) in [4.78, 5) is 27.5. The lowest BCUT2D eigenvalue weighted by molar-refractivity contribution is -0.133. The highest BCUT2D eigenvalue weighted by Gasteiger charge is 2.36. The lowest BCUT2D eigenvalue weighted by Gasteiger charge is -2.31. The van der Waals surface area contributed by atoms with Crippen molar-refractivity contribution in [1.82, 2.24) is 10.2 Å². The third kappa shape index (κ3) is 3.70. The number of carbonyl (C=O) groups is 2. The highest BCUT2D eigenvalue weighted by Crippen LogP contribution is 2.40. The van der Waals surface area contributed by atoms with Crippen LogP contribution >= 0.6 is 0 Å². The second-order valence-electron chi connectivity index (χ2n) is 8.21. The number of rotatable bonds is 4. The van der Waals surface area contributed by atoms with E-state index in [0.717, 1.165) is 24.6 Å². The molecule has 0 spiro atoms. The van der Waals surface area contributed by atoms with E-state index in [4.69, 9.17) is 5.14 Å². The molecule has 2 aromatic rings. The van der Waals surface area contributed by atoms with Gasteiger partial charge in [-0.15, -0.1) is 0 Å². The lowest BCUT2D eigenvalue weighted by atomic mass is 9.87. The molecule has 0 aromatic heterocycles. The van der Waals surface area contributed by atoms with E-state index in [2.05, 4.69) is 5.32 Å². The van der Waals surface area contributed by atoms with Gasteiger partial charge in [0, 0.05) is 19.6 Å². The van der Waals surface area contributed by atoms with E-state index in [9.17, 15) is 18.0 Å². The third-order valence-corrected chi connectivity index (χ3v) is 7.27. The lowest BCUT2D eigenvalue weighted by Crippen LogP contribution is -2.38. The first-order valence-corrected chi connectivity index (χ1v) is 12.0. The molecular weight excluding hydrogens is 402 g/mol. The Bertz CT molecular complexity index is 1110. The summed E-state index contributed by atoms with van der Waals surface area (Å²) in [6.07, 6.45) is 3.48. The molecule has 30 heavy (non-hydrogen) atoms. The Morgan fingerprint density at radius 2 is 1.90 bits per heavy atom. The fraction of sp³-hybridized carbons (Fsp3) is 0.455. The third-order valence-electron chi connectivity index (χ3n) is 6.25. The van der Waals surface area contributed by atoms with E-state index < -0.39 is 21.9 Å². The zero-order valence-electron chi connectivity index (χ0n) is 17.1. The summed E-state index contributed by atoms with van der Waals surface area (Å²) >= 11 is 0. The van der Waals surface area contributed by atoms with Crippen LogP contribution in [0.4, 0.5) is 0 Å². The zero-order valence-corrected chi connectivity index (χ0v) is 17.9. The predicted octanol–water partition coefficient (Wildman–Crippen LogP) is 2.21. The molecule has 0 radical (unpaired) electrons. The van der Waals surface area contributed by atoms with Gasteiger partial charge in [-0.1, -0.05) is 24.3 Å². The second kappa shape index (κ2) is 8.00. The van der Waals surface area contributed by atoms with Gasteiger partial charge in [-0.3, -0.25) is 9.59 Å². The van der Waals surface area contributed by atoms with Crippen LogP contribution in [0.15, 0.2) is 35.2 Å². The van der Waals surface area contributed by atoms with Crippen molar-refractivity contribution < 1.29 is 18.0 Å². The van der Waals surface area contributed by atoms with Crippen molar-refractivity contribution in [2.45, 2.75) is 49.3 Å². The maximum Gasteiger partial charge on any atom is 0.238 e. The van der Waals surface area contributed by atoms with Gasteiger partial charge in [0.25, 0.3) is 0 Å². The molecule has 3 N–H and O–H groups in total. The number of hydrogen-bond donors (Lipinski definition) is 2. The van der Waals surface area contributed by atoms with Crippen LogP contribution in [-0.2, 0) is 19.6 Å². The zero-order chi connectivity index (χ0) is 21.5. The predicted molar refractivity (Wildman–Crippen MR) is 115 cm³/mol. The molecule has 7 nitrogen and oxygen atoms in total. The molecule has 2 amide bonds. The summed E-state index contributed by atoms with van der Waals surface area (Å²) in [6.45, 7) is 3.58. The Morgan fingerprint density at radius 3 is 2.53 bits per heavy atom.